The molecule has 0 atom stereocenters. The van der Waals surface area contributed by atoms with Gasteiger partial charge in [-0.1, -0.05) is 190 Å². The lowest BCUT2D eigenvalue weighted by Gasteiger charge is -2.22. The summed E-state index contributed by atoms with van der Waals surface area (Å²) in [4.78, 5) is 0. The smallest absolute Gasteiger partial charge is 0.0159 e. The molecule has 0 bridgehead atoms. The van der Waals surface area contributed by atoms with Crippen LogP contribution < -0.4 is 0 Å². The average Bonchev–Trinajstić information content (AvgIpc) is 3.46. The molecule has 1 aliphatic carbocycles. The first-order chi connectivity index (χ1) is 27.0. The van der Waals surface area contributed by atoms with Gasteiger partial charge in [0.2, 0.25) is 0 Å². The van der Waals surface area contributed by atoms with E-state index in [2.05, 4.69) is 208 Å². The minimum atomic E-state index is -0.0790. The van der Waals surface area contributed by atoms with E-state index >= 15 is 0 Å². The number of hydrogen-bond acceptors (Lipinski definition) is 0. The number of hydrogen-bond donors (Lipinski definition) is 0. The Kier molecular flexibility index (Phi) is 7.00. The Bertz CT molecular complexity index is 3140. The molecule has 0 N–H and O–H groups in total. The molecule has 258 valence electrons. The van der Waals surface area contributed by atoms with E-state index in [4.69, 9.17) is 0 Å². The lowest BCUT2D eigenvalue weighted by molar-refractivity contribution is 0.661. The first-order valence-electron chi connectivity index (χ1n) is 19.3. The summed E-state index contributed by atoms with van der Waals surface area (Å²) in [6.45, 7) is 4.75. The molecule has 0 fully saturated rings. The van der Waals surface area contributed by atoms with Crippen molar-refractivity contribution in [3.63, 3.8) is 0 Å². The molecule has 0 unspecified atom stereocenters. The van der Waals surface area contributed by atoms with Gasteiger partial charge >= 0.3 is 0 Å². The standard InChI is InChI=1S/C55H38/c1-55(2)50-34-41(29-30-44(50)49-32-39-17-6-7-18-40(39)33-51(49)55)35-24-26-38(27-25-35)52-46-22-12-13-23-47(46)53(48-31-28-37-16-8-9-20-43(37)54(48)52)45-21-11-10-19-42(45)36-14-4-3-5-15-36/h3-34H,1-2H3. The summed E-state index contributed by atoms with van der Waals surface area (Å²) < 4.78 is 0. The van der Waals surface area contributed by atoms with Gasteiger partial charge in [-0.2, -0.15) is 0 Å². The van der Waals surface area contributed by atoms with Crippen molar-refractivity contribution >= 4 is 43.1 Å². The van der Waals surface area contributed by atoms with E-state index in [1.807, 2.05) is 0 Å². The number of benzene rings is 10. The maximum Gasteiger partial charge on any atom is 0.0159 e. The predicted octanol–water partition coefficient (Wildman–Crippen LogP) is 15.3. The zero-order chi connectivity index (χ0) is 36.7. The minimum Gasteiger partial charge on any atom is -0.0622 e. The fraction of sp³-hybridized carbons (Fsp3) is 0.0545. The lowest BCUT2D eigenvalue weighted by Crippen LogP contribution is -2.15. The van der Waals surface area contributed by atoms with Crippen molar-refractivity contribution in [3.8, 4) is 55.6 Å². The van der Waals surface area contributed by atoms with Gasteiger partial charge in [-0.15, -0.1) is 0 Å². The van der Waals surface area contributed by atoms with E-state index in [-0.39, 0.29) is 5.41 Å². The molecule has 0 spiro atoms. The molecule has 0 saturated carbocycles. The van der Waals surface area contributed by atoms with E-state index in [1.54, 1.807) is 0 Å². The van der Waals surface area contributed by atoms with Crippen molar-refractivity contribution in [1.29, 1.82) is 0 Å². The van der Waals surface area contributed by atoms with Crippen LogP contribution in [-0.4, -0.2) is 0 Å². The van der Waals surface area contributed by atoms with Crippen molar-refractivity contribution in [1.82, 2.24) is 0 Å². The highest BCUT2D eigenvalue weighted by Crippen LogP contribution is 2.52. The van der Waals surface area contributed by atoms with Crippen LogP contribution in [0.25, 0.3) is 98.7 Å². The van der Waals surface area contributed by atoms with Gasteiger partial charge in [0.1, 0.15) is 0 Å². The maximum atomic E-state index is 2.44. The second-order valence-electron chi connectivity index (χ2n) is 15.6. The molecule has 0 radical (unpaired) electrons. The highest BCUT2D eigenvalue weighted by Gasteiger charge is 2.36. The molecule has 0 amide bonds. The molecular weight excluding hydrogens is 661 g/mol. The van der Waals surface area contributed by atoms with E-state index in [9.17, 15) is 0 Å². The van der Waals surface area contributed by atoms with Gasteiger partial charge < -0.3 is 0 Å². The summed E-state index contributed by atoms with van der Waals surface area (Å²) >= 11 is 0. The fourth-order valence-electron chi connectivity index (χ4n) is 9.54. The van der Waals surface area contributed by atoms with Crippen LogP contribution in [0.2, 0.25) is 0 Å². The van der Waals surface area contributed by atoms with Crippen LogP contribution in [0.15, 0.2) is 194 Å². The van der Waals surface area contributed by atoms with Gasteiger partial charge in [-0.3, -0.25) is 0 Å². The third-order valence-corrected chi connectivity index (χ3v) is 12.2. The molecule has 0 nitrogen and oxygen atoms in total. The molecular formula is C55H38. The van der Waals surface area contributed by atoms with Crippen LogP contribution in [0.5, 0.6) is 0 Å². The second-order valence-corrected chi connectivity index (χ2v) is 15.6. The van der Waals surface area contributed by atoms with Crippen LogP contribution in [0, 0.1) is 0 Å². The van der Waals surface area contributed by atoms with Crippen molar-refractivity contribution < 1.29 is 0 Å². The average molecular weight is 699 g/mol. The summed E-state index contributed by atoms with van der Waals surface area (Å²) in [5.74, 6) is 0. The van der Waals surface area contributed by atoms with Crippen LogP contribution in [0.1, 0.15) is 25.0 Å². The lowest BCUT2D eigenvalue weighted by atomic mass is 9.81. The SMILES string of the molecule is CC1(C)c2cc(-c3ccc(-c4c5ccccc5c(-c5ccccc5-c5ccccc5)c5ccc6ccccc6c45)cc3)ccc2-c2cc3ccccc3cc21. The monoisotopic (exact) mass is 698 g/mol. The third kappa shape index (κ3) is 4.85. The third-order valence-electron chi connectivity index (χ3n) is 12.2. The van der Waals surface area contributed by atoms with Crippen molar-refractivity contribution in [2.45, 2.75) is 19.3 Å². The minimum absolute atomic E-state index is 0.0790. The topological polar surface area (TPSA) is 0 Å². The van der Waals surface area contributed by atoms with E-state index < -0.39 is 0 Å². The van der Waals surface area contributed by atoms with Gasteiger partial charge in [-0.05, 0) is 128 Å². The molecule has 1 aliphatic rings. The van der Waals surface area contributed by atoms with E-state index in [0.29, 0.717) is 0 Å². The van der Waals surface area contributed by atoms with Crippen molar-refractivity contribution in [3.05, 3.63) is 205 Å². The fourth-order valence-corrected chi connectivity index (χ4v) is 9.54. The first-order valence-corrected chi connectivity index (χ1v) is 19.3. The summed E-state index contributed by atoms with van der Waals surface area (Å²) in [5, 5.41) is 10.2. The summed E-state index contributed by atoms with van der Waals surface area (Å²) in [6.07, 6.45) is 0. The molecule has 0 saturated heterocycles. The van der Waals surface area contributed by atoms with Crippen LogP contribution in [0.4, 0.5) is 0 Å². The van der Waals surface area contributed by atoms with Crippen LogP contribution >= 0.6 is 0 Å². The van der Waals surface area contributed by atoms with E-state index in [1.165, 1.54) is 110 Å². The Labute approximate surface area is 322 Å². The molecule has 10 aromatic carbocycles. The van der Waals surface area contributed by atoms with Crippen molar-refractivity contribution in [2.24, 2.45) is 0 Å². The second kappa shape index (κ2) is 12.1. The van der Waals surface area contributed by atoms with Gasteiger partial charge in [0.15, 0.2) is 0 Å². The van der Waals surface area contributed by atoms with Gasteiger partial charge in [0.25, 0.3) is 0 Å². The molecule has 0 aromatic heterocycles. The van der Waals surface area contributed by atoms with Gasteiger partial charge in [0, 0.05) is 5.41 Å². The first kappa shape index (κ1) is 31.7. The predicted molar refractivity (Wildman–Crippen MR) is 236 cm³/mol. The summed E-state index contributed by atoms with van der Waals surface area (Å²) in [5.41, 5.74) is 15.4. The Morgan fingerprint density at radius 2 is 0.855 bits per heavy atom. The molecule has 0 heterocycles. The number of rotatable bonds is 4. The maximum absolute atomic E-state index is 2.44. The summed E-state index contributed by atoms with van der Waals surface area (Å²) in [6, 6.07) is 72.2. The Morgan fingerprint density at radius 1 is 0.291 bits per heavy atom. The molecule has 0 aliphatic heterocycles. The Hall–Kier alpha value is -6.76. The molecule has 10 aromatic rings. The molecule has 0 heteroatoms. The van der Waals surface area contributed by atoms with Crippen LogP contribution in [-0.2, 0) is 5.41 Å². The highest BCUT2D eigenvalue weighted by molar-refractivity contribution is 6.28. The Morgan fingerprint density at radius 3 is 1.62 bits per heavy atom. The normalized spacial score (nSPS) is 13.1. The van der Waals surface area contributed by atoms with Gasteiger partial charge in [-0.25, -0.2) is 0 Å². The number of fused-ring (bicyclic) bond motifs is 8. The van der Waals surface area contributed by atoms with Gasteiger partial charge in [0.05, 0.1) is 0 Å². The highest BCUT2D eigenvalue weighted by atomic mass is 14.4. The largest absolute Gasteiger partial charge is 0.0622 e. The zero-order valence-electron chi connectivity index (χ0n) is 31.0. The Balaban J connectivity index is 1.10. The zero-order valence-corrected chi connectivity index (χ0v) is 31.0. The summed E-state index contributed by atoms with van der Waals surface area (Å²) in [7, 11) is 0. The molecule has 11 rings (SSSR count). The quantitative estimate of drug-likeness (QED) is 0.127. The van der Waals surface area contributed by atoms with Crippen LogP contribution in [0.3, 0.4) is 0 Å². The molecule has 55 heavy (non-hydrogen) atoms. The van der Waals surface area contributed by atoms with E-state index in [0.717, 1.165) is 0 Å². The van der Waals surface area contributed by atoms with Crippen molar-refractivity contribution in [2.75, 3.05) is 0 Å².